The third-order valence-electron chi connectivity index (χ3n) is 3.88. The van der Waals surface area contributed by atoms with Crippen LogP contribution in [0.15, 0.2) is 24.3 Å². The first-order valence-corrected chi connectivity index (χ1v) is 5.90. The maximum absolute atomic E-state index is 12.9. The third kappa shape index (κ3) is 1.64. The fourth-order valence-corrected chi connectivity index (χ4v) is 3.12. The van der Waals surface area contributed by atoms with Crippen molar-refractivity contribution in [2.75, 3.05) is 0 Å². The first kappa shape index (κ1) is 10.2. The van der Waals surface area contributed by atoms with Crippen LogP contribution in [0.25, 0.3) is 0 Å². The molecule has 0 radical (unpaired) electrons. The highest BCUT2D eigenvalue weighted by Gasteiger charge is 2.43. The van der Waals surface area contributed by atoms with E-state index in [1.165, 1.54) is 12.1 Å². The molecule has 2 heterocycles. The second kappa shape index (κ2) is 3.54. The fraction of sp³-hybridized carbons (Fsp3) is 0.538. The molecule has 1 aromatic rings. The van der Waals surface area contributed by atoms with Crippen molar-refractivity contribution in [3.8, 4) is 0 Å². The van der Waals surface area contributed by atoms with Gasteiger partial charge in [0.1, 0.15) is 5.82 Å². The number of benzene rings is 1. The summed E-state index contributed by atoms with van der Waals surface area (Å²) in [6, 6.07) is 7.12. The minimum Gasteiger partial charge on any atom is -0.385 e. The van der Waals surface area contributed by atoms with Crippen molar-refractivity contribution in [1.29, 1.82) is 0 Å². The number of fused-ring (bicyclic) bond motifs is 2. The quantitative estimate of drug-likeness (QED) is 0.759. The molecule has 16 heavy (non-hydrogen) atoms. The van der Waals surface area contributed by atoms with Crippen molar-refractivity contribution < 1.29 is 9.50 Å². The highest BCUT2D eigenvalue weighted by molar-refractivity contribution is 5.25. The molecule has 3 heteroatoms. The molecule has 0 aromatic heterocycles. The Morgan fingerprint density at radius 1 is 1.12 bits per heavy atom. The average molecular weight is 221 g/mol. The van der Waals surface area contributed by atoms with Crippen molar-refractivity contribution >= 4 is 0 Å². The van der Waals surface area contributed by atoms with Gasteiger partial charge in [0.05, 0.1) is 5.60 Å². The molecule has 2 N–H and O–H groups in total. The van der Waals surface area contributed by atoms with Crippen LogP contribution >= 0.6 is 0 Å². The molecule has 0 saturated carbocycles. The zero-order valence-corrected chi connectivity index (χ0v) is 9.12. The molecule has 0 unspecified atom stereocenters. The Hall–Kier alpha value is -0.930. The van der Waals surface area contributed by atoms with E-state index in [-0.39, 0.29) is 5.82 Å². The Bertz CT molecular complexity index is 377. The second-order valence-corrected chi connectivity index (χ2v) is 5.08. The zero-order chi connectivity index (χ0) is 11.2. The standard InChI is InChI=1S/C13H16FNO/c14-10-3-1-9(2-4-10)13(16)7-11-5-6-12(8-13)15-11/h1-4,11-12,15-16H,5-8H2/t11-,12-/m1/s1. The number of halogens is 1. The molecular formula is C13H16FNO. The molecule has 2 nitrogen and oxygen atoms in total. The van der Waals surface area contributed by atoms with Gasteiger partial charge in [0.2, 0.25) is 0 Å². The van der Waals surface area contributed by atoms with Crippen molar-refractivity contribution in [3.63, 3.8) is 0 Å². The first-order chi connectivity index (χ1) is 7.66. The van der Waals surface area contributed by atoms with Gasteiger partial charge in [-0.3, -0.25) is 0 Å². The van der Waals surface area contributed by atoms with E-state index in [9.17, 15) is 9.50 Å². The minimum absolute atomic E-state index is 0.246. The lowest BCUT2D eigenvalue weighted by Crippen LogP contribution is -2.46. The fourth-order valence-electron chi connectivity index (χ4n) is 3.12. The molecule has 86 valence electrons. The topological polar surface area (TPSA) is 32.3 Å². The molecule has 2 aliphatic rings. The summed E-state index contributed by atoms with van der Waals surface area (Å²) in [5.74, 6) is -0.246. The number of nitrogens with one attached hydrogen (secondary N) is 1. The zero-order valence-electron chi connectivity index (χ0n) is 9.12. The Morgan fingerprint density at radius 2 is 1.69 bits per heavy atom. The van der Waals surface area contributed by atoms with Crippen LogP contribution in [-0.4, -0.2) is 17.2 Å². The Kier molecular flexibility index (Phi) is 2.26. The maximum atomic E-state index is 12.9. The summed E-state index contributed by atoms with van der Waals surface area (Å²) in [5, 5.41) is 14.1. The van der Waals surface area contributed by atoms with E-state index >= 15 is 0 Å². The SMILES string of the molecule is OC1(c2ccc(F)cc2)C[C@H]2CC[C@H](C1)N2. The monoisotopic (exact) mass is 221 g/mol. The van der Waals surface area contributed by atoms with Crippen LogP contribution in [0, 0.1) is 5.82 Å². The van der Waals surface area contributed by atoms with Crippen LogP contribution in [0.3, 0.4) is 0 Å². The lowest BCUT2D eigenvalue weighted by molar-refractivity contribution is -0.0115. The third-order valence-corrected chi connectivity index (χ3v) is 3.88. The van der Waals surface area contributed by atoms with E-state index in [4.69, 9.17) is 0 Å². The lowest BCUT2D eigenvalue weighted by atomic mass is 9.81. The molecular weight excluding hydrogens is 205 g/mol. The molecule has 2 saturated heterocycles. The maximum Gasteiger partial charge on any atom is 0.123 e. The van der Waals surface area contributed by atoms with Crippen molar-refractivity contribution in [2.45, 2.75) is 43.4 Å². The normalized spacial score (nSPS) is 37.6. The van der Waals surface area contributed by atoms with Crippen LogP contribution in [0.1, 0.15) is 31.2 Å². The highest BCUT2D eigenvalue weighted by atomic mass is 19.1. The van der Waals surface area contributed by atoms with Gasteiger partial charge < -0.3 is 10.4 Å². The Labute approximate surface area is 94.5 Å². The predicted molar refractivity (Wildman–Crippen MR) is 59.5 cm³/mol. The summed E-state index contributed by atoms with van der Waals surface area (Å²) in [4.78, 5) is 0. The minimum atomic E-state index is -0.759. The Morgan fingerprint density at radius 3 is 2.25 bits per heavy atom. The summed E-state index contributed by atoms with van der Waals surface area (Å²) in [6.45, 7) is 0. The molecule has 2 atom stereocenters. The molecule has 0 aliphatic carbocycles. The van der Waals surface area contributed by atoms with Gasteiger partial charge in [-0.1, -0.05) is 12.1 Å². The predicted octanol–water partition coefficient (Wildman–Crippen LogP) is 1.93. The molecule has 2 aliphatic heterocycles. The molecule has 0 spiro atoms. The van der Waals surface area contributed by atoms with Gasteiger partial charge in [-0.25, -0.2) is 4.39 Å². The smallest absolute Gasteiger partial charge is 0.123 e. The number of hydrogen-bond acceptors (Lipinski definition) is 2. The van der Waals surface area contributed by atoms with Crippen LogP contribution in [0.5, 0.6) is 0 Å². The van der Waals surface area contributed by atoms with Crippen LogP contribution < -0.4 is 5.32 Å². The lowest BCUT2D eigenvalue weighted by Gasteiger charge is -2.37. The molecule has 2 bridgehead atoms. The molecule has 0 amide bonds. The van der Waals surface area contributed by atoms with Gasteiger partial charge in [-0.15, -0.1) is 0 Å². The van der Waals surface area contributed by atoms with Gasteiger partial charge in [-0.2, -0.15) is 0 Å². The van der Waals surface area contributed by atoms with E-state index in [0.29, 0.717) is 12.1 Å². The first-order valence-electron chi connectivity index (χ1n) is 5.90. The second-order valence-electron chi connectivity index (χ2n) is 5.08. The van der Waals surface area contributed by atoms with Gasteiger partial charge in [0, 0.05) is 12.1 Å². The Balaban J connectivity index is 1.90. The molecule has 1 aromatic carbocycles. The number of piperidine rings is 1. The highest BCUT2D eigenvalue weighted by Crippen LogP contribution is 2.40. The molecule has 3 rings (SSSR count). The van der Waals surface area contributed by atoms with E-state index in [2.05, 4.69) is 5.32 Å². The van der Waals surface area contributed by atoms with Gasteiger partial charge >= 0.3 is 0 Å². The number of hydrogen-bond donors (Lipinski definition) is 2. The van der Waals surface area contributed by atoms with Crippen molar-refractivity contribution in [2.24, 2.45) is 0 Å². The van der Waals surface area contributed by atoms with Crippen molar-refractivity contribution in [3.05, 3.63) is 35.6 Å². The van der Waals surface area contributed by atoms with E-state index in [1.54, 1.807) is 12.1 Å². The van der Waals surface area contributed by atoms with Crippen LogP contribution in [0.2, 0.25) is 0 Å². The summed E-state index contributed by atoms with van der Waals surface area (Å²) >= 11 is 0. The van der Waals surface area contributed by atoms with E-state index in [1.807, 2.05) is 0 Å². The van der Waals surface area contributed by atoms with Crippen LogP contribution in [-0.2, 0) is 5.60 Å². The van der Waals surface area contributed by atoms with Gasteiger partial charge in [0.25, 0.3) is 0 Å². The number of aliphatic hydroxyl groups is 1. The van der Waals surface area contributed by atoms with Crippen LogP contribution in [0.4, 0.5) is 4.39 Å². The summed E-state index contributed by atoms with van der Waals surface area (Å²) in [7, 11) is 0. The van der Waals surface area contributed by atoms with Gasteiger partial charge in [0.15, 0.2) is 0 Å². The summed E-state index contributed by atoms with van der Waals surface area (Å²) in [5.41, 5.74) is 0.0948. The number of rotatable bonds is 1. The molecule has 2 fully saturated rings. The summed E-state index contributed by atoms with van der Waals surface area (Å²) < 4.78 is 12.9. The largest absolute Gasteiger partial charge is 0.385 e. The van der Waals surface area contributed by atoms with E-state index < -0.39 is 5.60 Å². The van der Waals surface area contributed by atoms with Crippen molar-refractivity contribution in [1.82, 2.24) is 5.32 Å². The average Bonchev–Trinajstić information content (AvgIpc) is 2.59. The van der Waals surface area contributed by atoms with Gasteiger partial charge in [-0.05, 0) is 43.4 Å². The van der Waals surface area contributed by atoms with E-state index in [0.717, 1.165) is 31.2 Å². The summed E-state index contributed by atoms with van der Waals surface area (Å²) in [6.07, 6.45) is 3.78.